The Morgan fingerprint density at radius 1 is 0.828 bits per heavy atom. The fourth-order valence-electron chi connectivity index (χ4n) is 3.50. The predicted molar refractivity (Wildman–Crippen MR) is 106 cm³/mol. The molecule has 0 unspecified atom stereocenters. The molecule has 0 aromatic rings. The fourth-order valence-corrected chi connectivity index (χ4v) is 3.50. The van der Waals surface area contributed by atoms with Gasteiger partial charge in [-0.15, -0.1) is 0 Å². The average Bonchev–Trinajstić information content (AvgIpc) is 3.58. The monoisotopic (exact) mass is 409 g/mol. The second kappa shape index (κ2) is 8.60. The van der Waals surface area contributed by atoms with Crippen LogP contribution in [0.3, 0.4) is 0 Å². The van der Waals surface area contributed by atoms with Gasteiger partial charge in [0.05, 0.1) is 24.0 Å². The van der Waals surface area contributed by atoms with E-state index in [1.807, 2.05) is 0 Å². The van der Waals surface area contributed by atoms with Crippen LogP contribution in [0.4, 0.5) is 0 Å². The second-order valence-corrected chi connectivity index (χ2v) is 10.1. The standard InChI is InChI=1S/C21H35N3O5/c1-19(2,3)16(25)23-28-14-21(11-12-21)18(27)24-29-13-20(9-10-20)17(26)22-15-7-5-4-6-8-15/h15H,4-14H2,1-3H3,(H,22,26)(H,23,25)(H,24,27). The molecule has 3 fully saturated rings. The molecule has 3 aliphatic rings. The van der Waals surface area contributed by atoms with Gasteiger partial charge in [-0.25, -0.2) is 11.0 Å². The normalized spacial score (nSPS) is 22.4. The SMILES string of the molecule is CC(C)(C)C(=O)NOCC1(C(=O)NOCC2(C(=O)NC3CCCCC3)CC2)CC1. The van der Waals surface area contributed by atoms with Crippen molar-refractivity contribution in [3.63, 3.8) is 0 Å². The van der Waals surface area contributed by atoms with Crippen LogP contribution in [0.2, 0.25) is 0 Å². The highest BCUT2D eigenvalue weighted by Crippen LogP contribution is 2.47. The first kappa shape index (κ1) is 22.0. The maximum absolute atomic E-state index is 12.6. The van der Waals surface area contributed by atoms with Crippen LogP contribution in [0.15, 0.2) is 0 Å². The van der Waals surface area contributed by atoms with Crippen LogP contribution < -0.4 is 16.3 Å². The van der Waals surface area contributed by atoms with Crippen molar-refractivity contribution < 1.29 is 24.1 Å². The molecule has 3 amide bonds. The van der Waals surface area contributed by atoms with Gasteiger partial charge in [-0.3, -0.25) is 24.1 Å². The first-order valence-corrected chi connectivity index (χ1v) is 10.8. The van der Waals surface area contributed by atoms with Gasteiger partial charge < -0.3 is 5.32 Å². The van der Waals surface area contributed by atoms with Crippen molar-refractivity contribution in [2.45, 2.75) is 84.6 Å². The molecule has 0 bridgehead atoms. The highest BCUT2D eigenvalue weighted by molar-refractivity contribution is 5.86. The Morgan fingerprint density at radius 2 is 1.34 bits per heavy atom. The van der Waals surface area contributed by atoms with E-state index in [1.54, 1.807) is 20.8 Å². The molecule has 0 heterocycles. The van der Waals surface area contributed by atoms with Crippen molar-refractivity contribution >= 4 is 17.7 Å². The van der Waals surface area contributed by atoms with Crippen molar-refractivity contribution in [3.8, 4) is 0 Å². The molecule has 164 valence electrons. The van der Waals surface area contributed by atoms with Gasteiger partial charge in [0.25, 0.3) is 5.91 Å². The van der Waals surface area contributed by atoms with E-state index < -0.39 is 16.2 Å². The van der Waals surface area contributed by atoms with Crippen molar-refractivity contribution in [1.82, 2.24) is 16.3 Å². The van der Waals surface area contributed by atoms with E-state index in [9.17, 15) is 14.4 Å². The van der Waals surface area contributed by atoms with E-state index >= 15 is 0 Å². The minimum Gasteiger partial charge on any atom is -0.353 e. The average molecular weight is 410 g/mol. The van der Waals surface area contributed by atoms with Gasteiger partial charge in [-0.2, -0.15) is 0 Å². The van der Waals surface area contributed by atoms with Crippen LogP contribution in [-0.4, -0.2) is 37.0 Å². The van der Waals surface area contributed by atoms with Gasteiger partial charge in [0.15, 0.2) is 0 Å². The van der Waals surface area contributed by atoms with Crippen LogP contribution in [0.25, 0.3) is 0 Å². The van der Waals surface area contributed by atoms with E-state index in [2.05, 4.69) is 16.3 Å². The van der Waals surface area contributed by atoms with E-state index in [0.29, 0.717) is 12.8 Å². The number of carbonyl (C=O) groups is 3. The number of nitrogens with one attached hydrogen (secondary N) is 3. The Balaban J connectivity index is 1.37. The van der Waals surface area contributed by atoms with Crippen molar-refractivity contribution in [2.75, 3.05) is 13.2 Å². The van der Waals surface area contributed by atoms with E-state index in [4.69, 9.17) is 9.68 Å². The second-order valence-electron chi connectivity index (χ2n) is 10.1. The summed E-state index contributed by atoms with van der Waals surface area (Å²) < 4.78 is 0. The van der Waals surface area contributed by atoms with Crippen molar-refractivity contribution in [2.24, 2.45) is 16.2 Å². The summed E-state index contributed by atoms with van der Waals surface area (Å²) in [5.41, 5.74) is 3.18. The summed E-state index contributed by atoms with van der Waals surface area (Å²) in [4.78, 5) is 47.6. The smallest absolute Gasteiger partial charge is 0.252 e. The molecule has 0 aromatic heterocycles. The Hall–Kier alpha value is -1.67. The van der Waals surface area contributed by atoms with E-state index in [-0.39, 0.29) is 37.0 Å². The first-order valence-electron chi connectivity index (χ1n) is 10.8. The summed E-state index contributed by atoms with van der Waals surface area (Å²) in [5.74, 6) is -0.441. The zero-order valence-electron chi connectivity index (χ0n) is 17.9. The van der Waals surface area contributed by atoms with Gasteiger partial charge in [0.1, 0.15) is 0 Å². The van der Waals surface area contributed by atoms with Crippen LogP contribution in [0.5, 0.6) is 0 Å². The molecule has 0 radical (unpaired) electrons. The predicted octanol–water partition coefficient (Wildman–Crippen LogP) is 2.14. The minimum atomic E-state index is -0.660. The molecule has 3 aliphatic carbocycles. The van der Waals surface area contributed by atoms with Crippen LogP contribution in [0.1, 0.15) is 78.6 Å². The van der Waals surface area contributed by atoms with Gasteiger partial charge in [-0.1, -0.05) is 40.0 Å². The number of hydroxylamine groups is 2. The van der Waals surface area contributed by atoms with Crippen LogP contribution in [-0.2, 0) is 24.1 Å². The molecule has 8 heteroatoms. The molecule has 0 atom stereocenters. The summed E-state index contributed by atoms with van der Waals surface area (Å²) in [5, 5.41) is 3.16. The molecule has 0 spiro atoms. The summed E-state index contributed by atoms with van der Waals surface area (Å²) in [7, 11) is 0. The highest BCUT2D eigenvalue weighted by atomic mass is 16.7. The fraction of sp³-hybridized carbons (Fsp3) is 0.857. The summed E-state index contributed by atoms with van der Waals surface area (Å²) in [6.45, 7) is 5.66. The molecule has 29 heavy (non-hydrogen) atoms. The minimum absolute atomic E-state index is 0.0491. The largest absolute Gasteiger partial charge is 0.353 e. The third-order valence-corrected chi connectivity index (χ3v) is 6.32. The summed E-state index contributed by atoms with van der Waals surface area (Å²) >= 11 is 0. The molecule has 0 aliphatic heterocycles. The number of amides is 3. The van der Waals surface area contributed by atoms with E-state index in [1.165, 1.54) is 19.3 Å². The van der Waals surface area contributed by atoms with Gasteiger partial charge in [-0.05, 0) is 38.5 Å². The topological polar surface area (TPSA) is 106 Å². The number of hydrogen-bond donors (Lipinski definition) is 3. The molecule has 8 nitrogen and oxygen atoms in total. The Kier molecular flexibility index (Phi) is 6.53. The summed E-state index contributed by atoms with van der Waals surface area (Å²) in [6, 6.07) is 0.276. The lowest BCUT2D eigenvalue weighted by atomic mass is 9.94. The van der Waals surface area contributed by atoms with Crippen molar-refractivity contribution in [1.29, 1.82) is 0 Å². The molecular formula is C21H35N3O5. The number of hydrogen-bond acceptors (Lipinski definition) is 5. The lowest BCUT2D eigenvalue weighted by molar-refractivity contribution is -0.152. The Bertz CT molecular complexity index is 629. The van der Waals surface area contributed by atoms with Crippen LogP contribution in [0, 0.1) is 16.2 Å². The number of rotatable bonds is 9. The quantitative estimate of drug-likeness (QED) is 0.506. The van der Waals surface area contributed by atoms with Gasteiger partial charge in [0, 0.05) is 11.5 Å². The molecular weight excluding hydrogens is 374 g/mol. The maximum atomic E-state index is 12.6. The lowest BCUT2D eigenvalue weighted by Gasteiger charge is -2.25. The molecule has 3 saturated carbocycles. The molecule has 3 rings (SSSR count). The third-order valence-electron chi connectivity index (χ3n) is 6.32. The molecule has 0 aromatic carbocycles. The molecule has 0 saturated heterocycles. The number of carbonyl (C=O) groups excluding carboxylic acids is 3. The van der Waals surface area contributed by atoms with Gasteiger partial charge >= 0.3 is 0 Å². The van der Waals surface area contributed by atoms with Crippen molar-refractivity contribution in [3.05, 3.63) is 0 Å². The Labute approximate surface area is 172 Å². The van der Waals surface area contributed by atoms with E-state index in [0.717, 1.165) is 25.7 Å². The molecule has 3 N–H and O–H groups in total. The zero-order chi connectivity index (χ0) is 21.1. The van der Waals surface area contributed by atoms with Gasteiger partial charge in [0.2, 0.25) is 11.8 Å². The lowest BCUT2D eigenvalue weighted by Crippen LogP contribution is -2.44. The first-order chi connectivity index (χ1) is 13.7. The zero-order valence-corrected chi connectivity index (χ0v) is 17.9. The summed E-state index contributed by atoms with van der Waals surface area (Å²) in [6.07, 6.45) is 8.62. The third kappa shape index (κ3) is 5.69. The Morgan fingerprint density at radius 3 is 1.86 bits per heavy atom. The maximum Gasteiger partial charge on any atom is 0.252 e. The van der Waals surface area contributed by atoms with Crippen LogP contribution >= 0.6 is 0 Å². The highest BCUT2D eigenvalue weighted by Gasteiger charge is 2.53.